The summed E-state index contributed by atoms with van der Waals surface area (Å²) >= 11 is 0. The first kappa shape index (κ1) is 29.9. The van der Waals surface area contributed by atoms with Gasteiger partial charge in [-0.25, -0.2) is 4.99 Å². The summed E-state index contributed by atoms with van der Waals surface area (Å²) < 4.78 is 56.5. The van der Waals surface area contributed by atoms with Gasteiger partial charge in [0, 0.05) is 52.0 Å². The summed E-state index contributed by atoms with van der Waals surface area (Å²) in [7, 11) is 3.10. The normalized spacial score (nSPS) is 23.1. The van der Waals surface area contributed by atoms with Crippen LogP contribution < -0.4 is 11.1 Å². The fraction of sp³-hybridized carbons (Fsp3) is 0.571. The number of hydrogen-bond acceptors (Lipinski definition) is 7. The molecule has 1 aromatic rings. The zero-order chi connectivity index (χ0) is 28.9. The number of alkyl halides is 3. The van der Waals surface area contributed by atoms with E-state index in [2.05, 4.69) is 16.9 Å². The number of methoxy groups -OCH3 is 2. The van der Waals surface area contributed by atoms with E-state index in [9.17, 15) is 18.0 Å². The van der Waals surface area contributed by atoms with Crippen molar-refractivity contribution in [1.82, 2.24) is 15.1 Å². The highest BCUT2D eigenvalue weighted by Gasteiger charge is 2.34. The van der Waals surface area contributed by atoms with Crippen LogP contribution in [0.2, 0.25) is 0 Å². The number of nitrogens with zero attached hydrogens (tertiary/aromatic N) is 3. The Labute approximate surface area is 232 Å². The summed E-state index contributed by atoms with van der Waals surface area (Å²) in [4.78, 5) is 21.3. The Morgan fingerprint density at radius 3 is 2.58 bits per heavy atom. The van der Waals surface area contributed by atoms with Gasteiger partial charge in [0.1, 0.15) is 0 Å². The van der Waals surface area contributed by atoms with Gasteiger partial charge in [-0.3, -0.25) is 4.79 Å². The van der Waals surface area contributed by atoms with Crippen molar-refractivity contribution >= 4 is 12.2 Å². The van der Waals surface area contributed by atoms with Crippen molar-refractivity contribution in [3.05, 3.63) is 58.6 Å². The first-order valence-corrected chi connectivity index (χ1v) is 13.5. The summed E-state index contributed by atoms with van der Waals surface area (Å²) in [6.07, 6.45) is -0.484. The van der Waals surface area contributed by atoms with Gasteiger partial charge in [-0.1, -0.05) is 12.6 Å². The third-order valence-electron chi connectivity index (χ3n) is 7.85. The molecule has 0 saturated carbocycles. The van der Waals surface area contributed by atoms with Gasteiger partial charge in [-0.05, 0) is 48.9 Å². The topological polar surface area (TPSA) is 102 Å². The van der Waals surface area contributed by atoms with E-state index < -0.39 is 11.7 Å². The number of hydrogen-bond donors (Lipinski definition) is 2. The van der Waals surface area contributed by atoms with Crippen LogP contribution in [0, 0.1) is 0 Å². The van der Waals surface area contributed by atoms with Crippen molar-refractivity contribution in [2.75, 3.05) is 47.1 Å². The van der Waals surface area contributed by atoms with Gasteiger partial charge >= 0.3 is 6.18 Å². The molecule has 0 spiro atoms. The average Bonchev–Trinajstić information content (AvgIpc) is 2.96. The predicted molar refractivity (Wildman–Crippen MR) is 144 cm³/mol. The van der Waals surface area contributed by atoms with Crippen LogP contribution in [-0.2, 0) is 38.1 Å². The van der Waals surface area contributed by atoms with E-state index in [1.165, 1.54) is 19.2 Å². The molecule has 1 amide bonds. The second-order valence-corrected chi connectivity index (χ2v) is 10.2. The molecule has 1 aromatic carbocycles. The number of benzene rings is 1. The van der Waals surface area contributed by atoms with Crippen LogP contribution in [0.25, 0.3) is 0 Å². The first-order chi connectivity index (χ1) is 19.2. The zero-order valence-electron chi connectivity index (χ0n) is 23.0. The first-order valence-electron chi connectivity index (χ1n) is 13.5. The highest BCUT2D eigenvalue weighted by Crippen LogP contribution is 2.34. The van der Waals surface area contributed by atoms with Crippen molar-refractivity contribution < 1.29 is 32.2 Å². The minimum atomic E-state index is -4.43. The Bertz CT molecular complexity index is 1130. The van der Waals surface area contributed by atoms with Crippen LogP contribution in [0.5, 0.6) is 0 Å². The van der Waals surface area contributed by atoms with Gasteiger partial charge in [0.25, 0.3) is 5.91 Å². The standard InChI is InChI=1S/C28H38F3N5O4/c1-18(36-10-6-19-4-5-21(28(29,30)31)14-20(19)15-36)26(39-3)25(33-17-32)27(37)35-11-7-22(8-12-35)34-23-9-13-40-16-24(23)38-2/h4-5,14,17,22-24,34H,1,6-13,15-16H2,2-3H3,(H2,32,33)/b26-25+/t23-,24+/m0/s1. The average molecular weight is 566 g/mol. The van der Waals surface area contributed by atoms with E-state index in [-0.39, 0.29) is 42.1 Å². The van der Waals surface area contributed by atoms with Crippen LogP contribution in [0.15, 0.2) is 46.9 Å². The van der Waals surface area contributed by atoms with Crippen molar-refractivity contribution in [1.29, 1.82) is 0 Å². The maximum atomic E-state index is 13.6. The summed E-state index contributed by atoms with van der Waals surface area (Å²) in [5, 5.41) is 3.67. The molecule has 0 bridgehead atoms. The van der Waals surface area contributed by atoms with Gasteiger partial charge < -0.3 is 35.1 Å². The fourth-order valence-corrected chi connectivity index (χ4v) is 5.58. The quantitative estimate of drug-likeness (QED) is 0.164. The second-order valence-electron chi connectivity index (χ2n) is 10.2. The summed E-state index contributed by atoms with van der Waals surface area (Å²) in [6.45, 7) is 7.11. The van der Waals surface area contributed by atoms with Crippen molar-refractivity contribution in [2.24, 2.45) is 10.7 Å². The molecule has 3 N–H and O–H groups in total. The van der Waals surface area contributed by atoms with Crippen LogP contribution >= 0.6 is 0 Å². The lowest BCUT2D eigenvalue weighted by atomic mass is 9.96. The number of nitrogens with one attached hydrogen (secondary N) is 1. The molecule has 9 nitrogen and oxygen atoms in total. The van der Waals surface area contributed by atoms with Gasteiger partial charge in [-0.2, -0.15) is 13.2 Å². The molecule has 3 heterocycles. The van der Waals surface area contributed by atoms with E-state index in [4.69, 9.17) is 19.9 Å². The Hall–Kier alpha value is -3.09. The number of halogens is 3. The van der Waals surface area contributed by atoms with E-state index >= 15 is 0 Å². The lowest BCUT2D eigenvalue weighted by Gasteiger charge is -2.38. The number of aliphatic imine (C=N–C) groups is 1. The molecule has 0 unspecified atom stereocenters. The molecule has 3 aliphatic heterocycles. The Morgan fingerprint density at radius 1 is 1.18 bits per heavy atom. The minimum Gasteiger partial charge on any atom is -0.492 e. The largest absolute Gasteiger partial charge is 0.492 e. The van der Waals surface area contributed by atoms with Gasteiger partial charge in [0.15, 0.2) is 11.5 Å². The molecule has 2 fully saturated rings. The van der Waals surface area contributed by atoms with E-state index in [0.717, 1.165) is 37.2 Å². The monoisotopic (exact) mass is 565 g/mol. The Balaban J connectivity index is 1.45. The molecule has 4 rings (SSSR count). The minimum absolute atomic E-state index is 0.00100. The number of carbonyl (C=O) groups excluding carboxylic acids is 1. The summed E-state index contributed by atoms with van der Waals surface area (Å²) in [5.41, 5.74) is 6.70. The summed E-state index contributed by atoms with van der Waals surface area (Å²) in [6, 6.07) is 4.24. The lowest BCUT2D eigenvalue weighted by molar-refractivity contribution is -0.137. The van der Waals surface area contributed by atoms with Gasteiger partial charge in [-0.15, -0.1) is 0 Å². The van der Waals surface area contributed by atoms with Crippen LogP contribution in [0.1, 0.15) is 36.0 Å². The molecule has 2 saturated heterocycles. The molecular weight excluding hydrogens is 527 g/mol. The molecule has 40 heavy (non-hydrogen) atoms. The predicted octanol–water partition coefficient (Wildman–Crippen LogP) is 2.81. The molecule has 0 aromatic heterocycles. The number of amides is 1. The van der Waals surface area contributed by atoms with E-state index in [1.54, 1.807) is 16.9 Å². The van der Waals surface area contributed by atoms with Gasteiger partial charge in [0.05, 0.1) is 37.4 Å². The van der Waals surface area contributed by atoms with Crippen molar-refractivity contribution in [2.45, 2.75) is 56.6 Å². The third kappa shape index (κ3) is 6.79. The SMILES string of the molecule is C=C(/C(OC)=C(\N=CN)C(=O)N1CCC(N[C@H]2CCOC[C@H]2OC)CC1)N1CCc2ccc(C(F)(F)F)cc2C1. The van der Waals surface area contributed by atoms with Crippen LogP contribution in [-0.4, -0.2) is 87.3 Å². The number of carbonyl (C=O) groups is 1. The smallest absolute Gasteiger partial charge is 0.416 e. The van der Waals surface area contributed by atoms with E-state index in [0.29, 0.717) is 50.5 Å². The third-order valence-corrected chi connectivity index (χ3v) is 7.85. The van der Waals surface area contributed by atoms with Crippen molar-refractivity contribution in [3.63, 3.8) is 0 Å². The zero-order valence-corrected chi connectivity index (χ0v) is 23.0. The number of fused-ring (bicyclic) bond motifs is 1. The molecule has 2 atom stereocenters. The molecular formula is C28H38F3N5O4. The number of likely N-dealkylation sites (tertiary alicyclic amines) is 1. The Morgan fingerprint density at radius 2 is 1.93 bits per heavy atom. The molecule has 12 heteroatoms. The number of ether oxygens (including phenoxy) is 3. The number of piperidine rings is 1. The maximum absolute atomic E-state index is 13.6. The molecule has 0 aliphatic carbocycles. The number of nitrogens with two attached hydrogens (primary N) is 1. The van der Waals surface area contributed by atoms with E-state index in [1.807, 2.05) is 0 Å². The van der Waals surface area contributed by atoms with Crippen molar-refractivity contribution in [3.8, 4) is 0 Å². The summed E-state index contributed by atoms with van der Waals surface area (Å²) in [5.74, 6) is -0.191. The lowest BCUT2D eigenvalue weighted by Crippen LogP contribution is -2.54. The second kappa shape index (κ2) is 13.0. The maximum Gasteiger partial charge on any atom is 0.416 e. The molecule has 220 valence electrons. The van der Waals surface area contributed by atoms with Crippen LogP contribution in [0.4, 0.5) is 13.2 Å². The number of rotatable bonds is 8. The highest BCUT2D eigenvalue weighted by molar-refractivity contribution is 5.95. The molecule has 0 radical (unpaired) electrons. The fourth-order valence-electron chi connectivity index (χ4n) is 5.58. The molecule has 3 aliphatic rings. The van der Waals surface area contributed by atoms with Crippen LogP contribution in [0.3, 0.4) is 0 Å². The Kier molecular flexibility index (Phi) is 9.75. The van der Waals surface area contributed by atoms with Gasteiger partial charge in [0.2, 0.25) is 0 Å². The highest BCUT2D eigenvalue weighted by atomic mass is 19.4.